The highest BCUT2D eigenvalue weighted by atomic mass is 32.1. The highest BCUT2D eigenvalue weighted by Gasteiger charge is 2.31. The Morgan fingerprint density at radius 3 is 2.61 bits per heavy atom. The molecule has 2 heterocycles. The first-order valence-electron chi connectivity index (χ1n) is 10.0. The SMILES string of the molecule is Cn1c(Nc2nc3ccc(OC(F)(F)F)cc3s2)nc2cc(C(=O)CCC(C)(C)O)ccc21. The van der Waals surface area contributed by atoms with Crippen LogP contribution in [0.1, 0.15) is 37.0 Å². The van der Waals surface area contributed by atoms with E-state index in [1.807, 2.05) is 0 Å². The number of imidazole rings is 1. The second-order valence-electron chi connectivity index (χ2n) is 8.25. The molecule has 2 N–H and O–H groups in total. The quantitative estimate of drug-likeness (QED) is 0.338. The van der Waals surface area contributed by atoms with Gasteiger partial charge >= 0.3 is 6.36 Å². The van der Waals surface area contributed by atoms with E-state index in [1.54, 1.807) is 43.7 Å². The minimum Gasteiger partial charge on any atom is -0.406 e. The number of halogens is 3. The van der Waals surface area contributed by atoms with Crippen LogP contribution in [0.15, 0.2) is 36.4 Å². The number of alkyl halides is 3. The Morgan fingerprint density at radius 2 is 1.91 bits per heavy atom. The van der Waals surface area contributed by atoms with Crippen molar-refractivity contribution in [1.82, 2.24) is 14.5 Å². The first-order valence-corrected chi connectivity index (χ1v) is 10.8. The van der Waals surface area contributed by atoms with Gasteiger partial charge in [-0.1, -0.05) is 11.3 Å². The van der Waals surface area contributed by atoms with Crippen LogP contribution >= 0.6 is 11.3 Å². The van der Waals surface area contributed by atoms with Gasteiger partial charge in [0.1, 0.15) is 5.75 Å². The molecule has 33 heavy (non-hydrogen) atoms. The summed E-state index contributed by atoms with van der Waals surface area (Å²) in [5.74, 6) is 0.0777. The van der Waals surface area contributed by atoms with Crippen molar-refractivity contribution in [3.63, 3.8) is 0 Å². The molecule has 0 unspecified atom stereocenters. The zero-order valence-corrected chi connectivity index (χ0v) is 18.8. The van der Waals surface area contributed by atoms with E-state index in [2.05, 4.69) is 20.0 Å². The smallest absolute Gasteiger partial charge is 0.406 e. The number of rotatable bonds is 7. The lowest BCUT2D eigenvalue weighted by atomic mass is 9.98. The van der Waals surface area contributed by atoms with Crippen LogP contribution in [0.25, 0.3) is 21.3 Å². The maximum atomic E-state index is 12.5. The molecule has 2 aromatic carbocycles. The summed E-state index contributed by atoms with van der Waals surface area (Å²) in [5.41, 5.74) is 1.51. The van der Waals surface area contributed by atoms with E-state index < -0.39 is 12.0 Å². The van der Waals surface area contributed by atoms with Gasteiger partial charge in [0.05, 0.1) is 26.9 Å². The van der Waals surface area contributed by atoms with Gasteiger partial charge in [-0.25, -0.2) is 9.97 Å². The molecule has 0 aliphatic carbocycles. The van der Waals surface area contributed by atoms with E-state index in [4.69, 9.17) is 0 Å². The number of ketones is 1. The maximum Gasteiger partial charge on any atom is 0.573 e. The number of hydrogen-bond donors (Lipinski definition) is 2. The van der Waals surface area contributed by atoms with Crippen LogP contribution in [0, 0.1) is 0 Å². The summed E-state index contributed by atoms with van der Waals surface area (Å²) in [6.45, 7) is 3.32. The molecule has 0 bridgehead atoms. The third-order valence-electron chi connectivity index (χ3n) is 4.98. The zero-order valence-electron chi connectivity index (χ0n) is 18.0. The van der Waals surface area contributed by atoms with Crippen LogP contribution in [0.2, 0.25) is 0 Å². The normalized spacial score (nSPS) is 12.5. The predicted molar refractivity (Wildman–Crippen MR) is 120 cm³/mol. The van der Waals surface area contributed by atoms with Crippen molar-refractivity contribution in [1.29, 1.82) is 0 Å². The molecule has 0 saturated heterocycles. The highest BCUT2D eigenvalue weighted by Crippen LogP contribution is 2.33. The summed E-state index contributed by atoms with van der Waals surface area (Å²) >= 11 is 1.17. The van der Waals surface area contributed by atoms with E-state index in [0.717, 1.165) is 5.52 Å². The second-order valence-corrected chi connectivity index (χ2v) is 9.29. The molecule has 174 valence electrons. The standard InChI is InChI=1S/C22H21F3N4O3S/c1-21(2,31)9-8-17(30)12-4-7-16-15(10-12)26-19(29(16)3)28-20-27-14-6-5-13(11-18(14)33-20)32-22(23,24)25/h4-7,10-11,31H,8-9H2,1-3H3,(H,26,27,28). The van der Waals surface area contributed by atoms with Crippen LogP contribution in [0.5, 0.6) is 5.75 Å². The van der Waals surface area contributed by atoms with Crippen molar-refractivity contribution < 1.29 is 27.8 Å². The molecule has 0 fully saturated rings. The lowest BCUT2D eigenvalue weighted by Crippen LogP contribution is -2.19. The number of thiazole rings is 1. The molecule has 11 heteroatoms. The Labute approximate surface area is 190 Å². The van der Waals surface area contributed by atoms with Crippen molar-refractivity contribution in [2.45, 2.75) is 38.7 Å². The summed E-state index contributed by atoms with van der Waals surface area (Å²) in [6, 6.07) is 9.17. The number of benzene rings is 2. The molecule has 4 rings (SSSR count). The number of aryl methyl sites for hydroxylation is 1. The summed E-state index contributed by atoms with van der Waals surface area (Å²) in [7, 11) is 1.80. The zero-order chi connectivity index (χ0) is 24.0. The summed E-state index contributed by atoms with van der Waals surface area (Å²) in [4.78, 5) is 21.4. The van der Waals surface area contributed by atoms with Gasteiger partial charge in [-0.3, -0.25) is 4.79 Å². The molecule has 0 aliphatic heterocycles. The van der Waals surface area contributed by atoms with E-state index in [0.29, 0.717) is 38.8 Å². The Bertz CT molecular complexity index is 1340. The third kappa shape index (κ3) is 5.42. The number of aliphatic hydroxyl groups is 1. The molecular formula is C22H21F3N4O3S. The Hall–Kier alpha value is -3.18. The molecule has 0 spiro atoms. The van der Waals surface area contributed by atoms with Gasteiger partial charge in [0.15, 0.2) is 10.9 Å². The number of aromatic nitrogens is 3. The first-order chi connectivity index (χ1) is 15.4. The van der Waals surface area contributed by atoms with Crippen molar-refractivity contribution in [3.8, 4) is 5.75 Å². The van der Waals surface area contributed by atoms with Crippen molar-refractivity contribution >= 4 is 49.4 Å². The van der Waals surface area contributed by atoms with Gasteiger partial charge in [0, 0.05) is 25.1 Å². The molecule has 2 aromatic heterocycles. The minimum atomic E-state index is -4.76. The van der Waals surface area contributed by atoms with E-state index in [9.17, 15) is 23.1 Å². The predicted octanol–water partition coefficient (Wildman–Crippen LogP) is 5.56. The van der Waals surface area contributed by atoms with E-state index in [1.165, 1.54) is 29.5 Å². The van der Waals surface area contributed by atoms with Crippen LogP contribution in [-0.2, 0) is 7.05 Å². The maximum absolute atomic E-state index is 12.5. The molecule has 0 aliphatic rings. The lowest BCUT2D eigenvalue weighted by molar-refractivity contribution is -0.274. The average Bonchev–Trinajstić information content (AvgIpc) is 3.24. The molecule has 0 amide bonds. The number of nitrogens with zero attached hydrogens (tertiary/aromatic N) is 3. The largest absolute Gasteiger partial charge is 0.573 e. The molecule has 4 aromatic rings. The number of Topliss-reactive ketones (excluding diaryl/α,β-unsaturated/α-hetero) is 1. The highest BCUT2D eigenvalue weighted by molar-refractivity contribution is 7.22. The van der Waals surface area contributed by atoms with Gasteiger partial charge in [-0.15, -0.1) is 13.2 Å². The average molecular weight is 478 g/mol. The summed E-state index contributed by atoms with van der Waals surface area (Å²) < 4.78 is 43.7. The van der Waals surface area contributed by atoms with Crippen molar-refractivity contribution in [2.24, 2.45) is 7.05 Å². The second kappa shape index (κ2) is 8.31. The van der Waals surface area contributed by atoms with Crippen molar-refractivity contribution in [3.05, 3.63) is 42.0 Å². The number of fused-ring (bicyclic) bond motifs is 2. The van der Waals surface area contributed by atoms with Gasteiger partial charge < -0.3 is 19.7 Å². The minimum absolute atomic E-state index is 0.0813. The van der Waals surface area contributed by atoms with Crippen molar-refractivity contribution in [2.75, 3.05) is 5.32 Å². The topological polar surface area (TPSA) is 89.3 Å². The Morgan fingerprint density at radius 1 is 1.15 bits per heavy atom. The molecule has 0 saturated carbocycles. The van der Waals surface area contributed by atoms with Gasteiger partial charge in [-0.05, 0) is 50.6 Å². The fourth-order valence-electron chi connectivity index (χ4n) is 3.30. The Kier molecular flexibility index (Phi) is 5.79. The monoisotopic (exact) mass is 478 g/mol. The number of hydrogen-bond acceptors (Lipinski definition) is 7. The molecule has 0 atom stereocenters. The molecular weight excluding hydrogens is 457 g/mol. The van der Waals surface area contributed by atoms with E-state index >= 15 is 0 Å². The number of anilines is 2. The van der Waals surface area contributed by atoms with Crippen LogP contribution in [0.3, 0.4) is 0 Å². The molecule has 0 radical (unpaired) electrons. The number of nitrogens with one attached hydrogen (secondary N) is 1. The summed E-state index contributed by atoms with van der Waals surface area (Å²) in [6.07, 6.45) is -4.19. The number of ether oxygens (including phenoxy) is 1. The van der Waals surface area contributed by atoms with Gasteiger partial charge in [0.25, 0.3) is 0 Å². The number of carbonyl (C=O) groups excluding carboxylic acids is 1. The third-order valence-corrected chi connectivity index (χ3v) is 5.91. The first kappa shape index (κ1) is 23.0. The van der Waals surface area contributed by atoms with Crippen LogP contribution in [-0.4, -0.2) is 37.4 Å². The fourth-order valence-corrected chi connectivity index (χ4v) is 4.19. The van der Waals surface area contributed by atoms with Gasteiger partial charge in [-0.2, -0.15) is 0 Å². The molecule has 7 nitrogen and oxygen atoms in total. The van der Waals surface area contributed by atoms with Crippen LogP contribution in [0.4, 0.5) is 24.3 Å². The van der Waals surface area contributed by atoms with Crippen LogP contribution < -0.4 is 10.1 Å². The number of carbonyl (C=O) groups is 1. The van der Waals surface area contributed by atoms with E-state index in [-0.39, 0.29) is 18.0 Å². The summed E-state index contributed by atoms with van der Waals surface area (Å²) in [5, 5.41) is 13.4. The Balaban J connectivity index is 1.56. The lowest BCUT2D eigenvalue weighted by Gasteiger charge is -2.15. The fraction of sp³-hybridized carbons (Fsp3) is 0.318. The van der Waals surface area contributed by atoms with Gasteiger partial charge in [0.2, 0.25) is 5.95 Å².